The summed E-state index contributed by atoms with van der Waals surface area (Å²) in [6, 6.07) is 15.5. The smallest absolute Gasteiger partial charge is 0.162 e. The maximum Gasteiger partial charge on any atom is 0.162 e. The number of nitrogens with zero attached hydrogens (tertiary/aromatic N) is 5. The van der Waals surface area contributed by atoms with E-state index in [1.807, 2.05) is 54.7 Å². The molecule has 7 heteroatoms. The number of aromatic nitrogens is 5. The van der Waals surface area contributed by atoms with Crippen LogP contribution < -0.4 is 0 Å². The van der Waals surface area contributed by atoms with Crippen molar-refractivity contribution in [1.29, 1.82) is 0 Å². The lowest BCUT2D eigenvalue weighted by molar-refractivity contribution is 0.0978. The number of benzene rings is 2. The minimum Gasteiger partial charge on any atom is -0.304 e. The fourth-order valence-corrected chi connectivity index (χ4v) is 3.76. The van der Waals surface area contributed by atoms with Crippen molar-refractivity contribution in [1.82, 2.24) is 30.1 Å². The highest BCUT2D eigenvalue weighted by Crippen LogP contribution is 2.24. The molecular weight excluding hydrogens is 388 g/mol. The Morgan fingerprint density at radius 1 is 1.03 bits per heavy atom. The standard InChI is InChI=1S/C24H28N6O/c1-3-29(4-2)16-8-7-11-23(31)18-12-14-19(15-13-18)30-17-22(26-28-30)24-20-9-5-6-10-21(20)25-27-24/h5-6,9-10,12-15,17H,3-4,7-8,11,16H2,1-2H3,(H,25,27). The second kappa shape index (κ2) is 9.66. The van der Waals surface area contributed by atoms with Crippen molar-refractivity contribution in [2.24, 2.45) is 0 Å². The van der Waals surface area contributed by atoms with Crippen LogP contribution in [-0.2, 0) is 0 Å². The Balaban J connectivity index is 1.39. The summed E-state index contributed by atoms with van der Waals surface area (Å²) in [5, 5.41) is 16.9. The number of para-hydroxylation sites is 1. The summed E-state index contributed by atoms with van der Waals surface area (Å²) in [6.07, 6.45) is 4.41. The number of fused-ring (bicyclic) bond motifs is 1. The highest BCUT2D eigenvalue weighted by molar-refractivity contribution is 5.96. The van der Waals surface area contributed by atoms with Gasteiger partial charge in [0.05, 0.1) is 17.4 Å². The Hall–Kier alpha value is -3.32. The Labute approximate surface area is 182 Å². The molecule has 0 saturated carbocycles. The minimum atomic E-state index is 0.188. The molecule has 4 aromatic rings. The largest absolute Gasteiger partial charge is 0.304 e. The van der Waals surface area contributed by atoms with Crippen LogP contribution in [0.5, 0.6) is 0 Å². The molecule has 1 N–H and O–H groups in total. The van der Waals surface area contributed by atoms with Gasteiger partial charge in [-0.2, -0.15) is 5.10 Å². The normalized spacial score (nSPS) is 11.5. The summed E-state index contributed by atoms with van der Waals surface area (Å²) in [7, 11) is 0. The van der Waals surface area contributed by atoms with Crippen molar-refractivity contribution < 1.29 is 4.79 Å². The molecule has 0 aliphatic heterocycles. The third-order valence-corrected chi connectivity index (χ3v) is 5.68. The molecule has 2 aromatic carbocycles. The van der Waals surface area contributed by atoms with E-state index in [4.69, 9.17) is 0 Å². The molecule has 0 unspecified atom stereocenters. The monoisotopic (exact) mass is 416 g/mol. The van der Waals surface area contributed by atoms with E-state index in [1.165, 1.54) is 0 Å². The molecule has 0 radical (unpaired) electrons. The van der Waals surface area contributed by atoms with Gasteiger partial charge in [0.15, 0.2) is 5.78 Å². The molecule has 0 spiro atoms. The molecule has 31 heavy (non-hydrogen) atoms. The average molecular weight is 417 g/mol. The van der Waals surface area contributed by atoms with Gasteiger partial charge in [0.25, 0.3) is 0 Å². The molecule has 7 nitrogen and oxygen atoms in total. The quantitative estimate of drug-likeness (QED) is 0.304. The average Bonchev–Trinajstić information content (AvgIpc) is 3.46. The highest BCUT2D eigenvalue weighted by atomic mass is 16.1. The topological polar surface area (TPSA) is 79.7 Å². The van der Waals surface area contributed by atoms with Crippen molar-refractivity contribution in [2.45, 2.75) is 33.1 Å². The van der Waals surface area contributed by atoms with E-state index < -0.39 is 0 Å². The molecule has 0 amide bonds. The van der Waals surface area contributed by atoms with E-state index in [1.54, 1.807) is 4.68 Å². The van der Waals surface area contributed by atoms with Crippen LogP contribution in [0.15, 0.2) is 54.7 Å². The molecule has 0 saturated heterocycles. The van der Waals surface area contributed by atoms with Gasteiger partial charge in [-0.3, -0.25) is 9.89 Å². The van der Waals surface area contributed by atoms with Crippen molar-refractivity contribution in [3.63, 3.8) is 0 Å². The first-order valence-corrected chi connectivity index (χ1v) is 10.9. The number of hydrogen-bond donors (Lipinski definition) is 1. The Morgan fingerprint density at radius 2 is 1.81 bits per heavy atom. The van der Waals surface area contributed by atoms with Gasteiger partial charge in [-0.25, -0.2) is 4.68 Å². The van der Waals surface area contributed by atoms with Gasteiger partial charge in [-0.1, -0.05) is 37.3 Å². The van der Waals surface area contributed by atoms with Crippen LogP contribution in [0.4, 0.5) is 0 Å². The molecule has 0 aliphatic rings. The van der Waals surface area contributed by atoms with E-state index in [9.17, 15) is 4.79 Å². The van der Waals surface area contributed by atoms with E-state index in [2.05, 4.69) is 39.3 Å². The molecule has 4 rings (SSSR count). The van der Waals surface area contributed by atoms with Gasteiger partial charge < -0.3 is 4.90 Å². The second-order valence-corrected chi connectivity index (χ2v) is 7.62. The summed E-state index contributed by atoms with van der Waals surface area (Å²) in [5.74, 6) is 0.188. The van der Waals surface area contributed by atoms with Crippen LogP contribution in [0.1, 0.15) is 43.5 Å². The molecule has 2 aromatic heterocycles. The third-order valence-electron chi connectivity index (χ3n) is 5.68. The van der Waals surface area contributed by atoms with Crippen LogP contribution in [0.25, 0.3) is 28.0 Å². The SMILES string of the molecule is CCN(CC)CCCCC(=O)c1ccc(-n2cc(-c3n[nH]c4ccccc34)nn2)cc1. The predicted molar refractivity (Wildman–Crippen MR) is 122 cm³/mol. The summed E-state index contributed by atoms with van der Waals surface area (Å²) < 4.78 is 1.71. The molecule has 0 fully saturated rings. The molecule has 0 aliphatic carbocycles. The van der Waals surface area contributed by atoms with Gasteiger partial charge in [0, 0.05) is 17.4 Å². The van der Waals surface area contributed by atoms with Gasteiger partial charge in [-0.05, 0) is 62.8 Å². The molecule has 2 heterocycles. The Kier molecular flexibility index (Phi) is 6.52. The number of H-pyrrole nitrogens is 1. The van der Waals surface area contributed by atoms with Crippen LogP contribution in [0.2, 0.25) is 0 Å². The first-order chi connectivity index (χ1) is 15.2. The molecule has 0 atom stereocenters. The van der Waals surface area contributed by atoms with Crippen LogP contribution >= 0.6 is 0 Å². The van der Waals surface area contributed by atoms with Crippen LogP contribution in [0.3, 0.4) is 0 Å². The Bertz CT molecular complexity index is 1140. The molecule has 0 bridgehead atoms. The Morgan fingerprint density at radius 3 is 2.58 bits per heavy atom. The third kappa shape index (κ3) is 4.72. The van der Waals surface area contributed by atoms with Crippen molar-refractivity contribution in [3.05, 3.63) is 60.3 Å². The zero-order valence-corrected chi connectivity index (χ0v) is 18.1. The fraction of sp³-hybridized carbons (Fsp3) is 0.333. The summed E-state index contributed by atoms with van der Waals surface area (Å²) >= 11 is 0. The number of Topliss-reactive ketones (excluding diaryl/α,β-unsaturated/α-hetero) is 1. The molecular formula is C24H28N6O. The first-order valence-electron chi connectivity index (χ1n) is 10.9. The van der Waals surface area contributed by atoms with E-state index in [0.717, 1.165) is 60.3 Å². The second-order valence-electron chi connectivity index (χ2n) is 7.62. The lowest BCUT2D eigenvalue weighted by Gasteiger charge is -2.17. The summed E-state index contributed by atoms with van der Waals surface area (Å²) in [4.78, 5) is 14.9. The van der Waals surface area contributed by atoms with Gasteiger partial charge in [-0.15, -0.1) is 5.10 Å². The zero-order chi connectivity index (χ0) is 21.6. The number of hydrogen-bond acceptors (Lipinski definition) is 5. The number of ketones is 1. The van der Waals surface area contributed by atoms with E-state index in [-0.39, 0.29) is 5.78 Å². The van der Waals surface area contributed by atoms with Crippen LogP contribution in [-0.4, -0.2) is 55.5 Å². The number of nitrogens with one attached hydrogen (secondary N) is 1. The maximum atomic E-state index is 12.5. The summed E-state index contributed by atoms with van der Waals surface area (Å²) in [6.45, 7) is 7.52. The fourth-order valence-electron chi connectivity index (χ4n) is 3.76. The lowest BCUT2D eigenvalue weighted by atomic mass is 10.0. The maximum absolute atomic E-state index is 12.5. The van der Waals surface area contributed by atoms with Gasteiger partial charge in [0.1, 0.15) is 11.4 Å². The van der Waals surface area contributed by atoms with Gasteiger partial charge in [0.2, 0.25) is 0 Å². The number of aromatic amines is 1. The number of carbonyl (C=O) groups is 1. The number of carbonyl (C=O) groups excluding carboxylic acids is 1. The number of rotatable bonds is 10. The molecule has 160 valence electrons. The predicted octanol–water partition coefficient (Wildman–Crippen LogP) is 4.51. The van der Waals surface area contributed by atoms with Crippen molar-refractivity contribution >= 4 is 16.7 Å². The minimum absolute atomic E-state index is 0.188. The lowest BCUT2D eigenvalue weighted by Crippen LogP contribution is -2.24. The van der Waals surface area contributed by atoms with Crippen LogP contribution in [0, 0.1) is 0 Å². The van der Waals surface area contributed by atoms with Crippen molar-refractivity contribution in [3.8, 4) is 17.1 Å². The van der Waals surface area contributed by atoms with E-state index in [0.29, 0.717) is 12.1 Å². The zero-order valence-electron chi connectivity index (χ0n) is 18.1. The van der Waals surface area contributed by atoms with E-state index >= 15 is 0 Å². The summed E-state index contributed by atoms with van der Waals surface area (Å²) in [5.41, 5.74) is 4.04. The highest BCUT2D eigenvalue weighted by Gasteiger charge is 2.13. The van der Waals surface area contributed by atoms with Gasteiger partial charge >= 0.3 is 0 Å². The first kappa shape index (κ1) is 20.9. The van der Waals surface area contributed by atoms with Crippen molar-refractivity contribution in [2.75, 3.05) is 19.6 Å². The number of unbranched alkanes of at least 4 members (excludes halogenated alkanes) is 1.